The van der Waals surface area contributed by atoms with E-state index in [4.69, 9.17) is 0 Å². The summed E-state index contributed by atoms with van der Waals surface area (Å²) < 4.78 is 4.60. The lowest BCUT2D eigenvalue weighted by molar-refractivity contribution is -0.479. The predicted octanol–water partition coefficient (Wildman–Crippen LogP) is 0.988. The number of hydrogen-bond acceptors (Lipinski definition) is 0. The number of hydrogen-bond donors (Lipinski definition) is 0. The molecule has 0 aliphatic carbocycles. The Morgan fingerprint density at radius 1 is 0.682 bits per heavy atom. The lowest BCUT2D eigenvalue weighted by Crippen LogP contribution is -3.00. The van der Waals surface area contributed by atoms with Crippen molar-refractivity contribution in [2.24, 2.45) is 0 Å². The minimum atomic E-state index is 0. The van der Waals surface area contributed by atoms with Gasteiger partial charge in [-0.25, -0.2) is 0 Å². The molecule has 0 aliphatic rings. The lowest BCUT2D eigenvalue weighted by Gasteiger charge is -1.98. The van der Waals surface area contributed by atoms with Crippen molar-refractivity contribution < 1.29 is 21.4 Å². The van der Waals surface area contributed by atoms with Crippen LogP contribution in [0.5, 0.6) is 0 Å². The molecule has 0 atom stereocenters. The minimum absolute atomic E-state index is 0. The molecule has 0 bridgehead atoms. The smallest absolute Gasteiger partial charge is 0.292 e. The second-order valence-electron chi connectivity index (χ2n) is 5.40. The van der Waals surface area contributed by atoms with Crippen LogP contribution in [-0.2, 0) is 0 Å². The number of para-hydroxylation sites is 2. The third-order valence-corrected chi connectivity index (χ3v) is 4.22. The van der Waals surface area contributed by atoms with Gasteiger partial charge in [-0.2, -0.15) is 8.80 Å². The van der Waals surface area contributed by atoms with Crippen LogP contribution in [0.4, 0.5) is 0 Å². The van der Waals surface area contributed by atoms with Crippen LogP contribution in [0.1, 0.15) is 0 Å². The number of nitrogens with zero attached hydrogens (tertiary/aromatic N) is 2. The van der Waals surface area contributed by atoms with Crippen molar-refractivity contribution in [2.45, 2.75) is 0 Å². The summed E-state index contributed by atoms with van der Waals surface area (Å²) in [6.45, 7) is 0. The Kier molecular flexibility index (Phi) is 2.91. The highest BCUT2D eigenvalue weighted by molar-refractivity contribution is 5.85. The summed E-state index contributed by atoms with van der Waals surface area (Å²) in [5.74, 6) is 0. The summed E-state index contributed by atoms with van der Waals surface area (Å²) in [5, 5.41) is 2.52. The molecule has 0 spiro atoms. The highest BCUT2D eigenvalue weighted by Crippen LogP contribution is 2.20. The number of benzene rings is 2. The van der Waals surface area contributed by atoms with Gasteiger partial charge in [-0.3, -0.25) is 0 Å². The SMILES string of the molecule is [Br-].c1ccc2c(c1)ccc1c[n+]3c4ccccc4ccc3n12. The van der Waals surface area contributed by atoms with E-state index >= 15 is 0 Å². The number of aromatic nitrogens is 2. The van der Waals surface area contributed by atoms with Gasteiger partial charge in [0.15, 0.2) is 5.52 Å². The average molecular weight is 349 g/mol. The lowest BCUT2D eigenvalue weighted by atomic mass is 10.2. The fraction of sp³-hybridized carbons (Fsp3) is 0. The molecule has 0 unspecified atom stereocenters. The second-order valence-corrected chi connectivity index (χ2v) is 5.40. The van der Waals surface area contributed by atoms with Crippen LogP contribution < -0.4 is 21.4 Å². The van der Waals surface area contributed by atoms with Gasteiger partial charge < -0.3 is 17.0 Å². The Morgan fingerprint density at radius 2 is 1.41 bits per heavy atom. The third-order valence-electron chi connectivity index (χ3n) is 4.22. The van der Waals surface area contributed by atoms with Gasteiger partial charge in [0, 0.05) is 16.8 Å². The maximum Gasteiger partial charge on any atom is 0.292 e. The van der Waals surface area contributed by atoms with Crippen LogP contribution in [0.15, 0.2) is 79.0 Å². The van der Waals surface area contributed by atoms with Crippen LogP contribution in [0, 0.1) is 0 Å². The predicted molar refractivity (Wildman–Crippen MR) is 85.6 cm³/mol. The molecule has 0 aliphatic heterocycles. The Labute approximate surface area is 138 Å². The number of imidazole rings is 1. The Balaban J connectivity index is 0.00000125. The van der Waals surface area contributed by atoms with E-state index in [1.165, 1.54) is 33.0 Å². The van der Waals surface area contributed by atoms with Gasteiger partial charge in [-0.05, 0) is 30.3 Å². The van der Waals surface area contributed by atoms with E-state index in [-0.39, 0.29) is 17.0 Å². The molecule has 0 fully saturated rings. The van der Waals surface area contributed by atoms with Crippen molar-refractivity contribution in [1.82, 2.24) is 4.40 Å². The fourth-order valence-electron chi connectivity index (χ4n) is 3.24. The summed E-state index contributed by atoms with van der Waals surface area (Å²) in [7, 11) is 0. The molecule has 2 nitrogen and oxygen atoms in total. The summed E-state index contributed by atoms with van der Waals surface area (Å²) in [4.78, 5) is 0. The van der Waals surface area contributed by atoms with Gasteiger partial charge in [-0.1, -0.05) is 36.4 Å². The first-order valence-corrected chi connectivity index (χ1v) is 7.14. The monoisotopic (exact) mass is 348 g/mol. The summed E-state index contributed by atoms with van der Waals surface area (Å²) in [6.07, 6.45) is 2.21. The number of pyridine rings is 2. The fourth-order valence-corrected chi connectivity index (χ4v) is 3.24. The van der Waals surface area contributed by atoms with Crippen LogP contribution in [-0.4, -0.2) is 4.40 Å². The van der Waals surface area contributed by atoms with E-state index in [0.717, 1.165) is 0 Å². The van der Waals surface area contributed by atoms with Crippen molar-refractivity contribution >= 4 is 33.0 Å². The molecular weight excluding hydrogens is 336 g/mol. The van der Waals surface area contributed by atoms with E-state index in [9.17, 15) is 0 Å². The Bertz CT molecular complexity index is 1140. The maximum atomic E-state index is 2.32. The van der Waals surface area contributed by atoms with Gasteiger partial charge in [0.05, 0.1) is 0 Å². The van der Waals surface area contributed by atoms with Crippen LogP contribution in [0.2, 0.25) is 0 Å². The molecule has 5 aromatic rings. The minimum Gasteiger partial charge on any atom is -1.00 e. The molecule has 0 amide bonds. The molecule has 5 rings (SSSR count). The van der Waals surface area contributed by atoms with Crippen molar-refractivity contribution in [3.63, 3.8) is 0 Å². The summed E-state index contributed by atoms with van der Waals surface area (Å²) in [5.41, 5.74) is 4.89. The molecule has 3 heteroatoms. The van der Waals surface area contributed by atoms with Crippen molar-refractivity contribution in [3.8, 4) is 0 Å². The topological polar surface area (TPSA) is 8.51 Å². The van der Waals surface area contributed by atoms with Crippen molar-refractivity contribution in [3.05, 3.63) is 79.0 Å². The molecule has 0 saturated carbocycles. The quantitative estimate of drug-likeness (QED) is 0.369. The van der Waals surface area contributed by atoms with Crippen molar-refractivity contribution in [2.75, 3.05) is 0 Å². The largest absolute Gasteiger partial charge is 1.00 e. The van der Waals surface area contributed by atoms with Crippen LogP contribution >= 0.6 is 0 Å². The van der Waals surface area contributed by atoms with Gasteiger partial charge in [0.1, 0.15) is 17.2 Å². The molecule has 0 radical (unpaired) electrons. The first-order valence-electron chi connectivity index (χ1n) is 7.14. The Morgan fingerprint density at radius 3 is 2.32 bits per heavy atom. The molecule has 22 heavy (non-hydrogen) atoms. The molecule has 106 valence electrons. The van der Waals surface area contributed by atoms with E-state index in [1.54, 1.807) is 0 Å². The van der Waals surface area contributed by atoms with Crippen LogP contribution in [0.25, 0.3) is 33.0 Å². The second kappa shape index (κ2) is 4.82. The average Bonchev–Trinajstić information content (AvgIpc) is 2.94. The molecule has 3 heterocycles. The number of fused-ring (bicyclic) bond motifs is 7. The summed E-state index contributed by atoms with van der Waals surface area (Å²) >= 11 is 0. The first-order chi connectivity index (χ1) is 10.4. The van der Waals surface area contributed by atoms with Gasteiger partial charge in [0.2, 0.25) is 0 Å². The van der Waals surface area contributed by atoms with Gasteiger partial charge in [-0.15, -0.1) is 0 Å². The summed E-state index contributed by atoms with van der Waals surface area (Å²) in [6, 6.07) is 25.8. The van der Waals surface area contributed by atoms with Gasteiger partial charge in [0.25, 0.3) is 5.65 Å². The molecule has 0 N–H and O–H groups in total. The van der Waals surface area contributed by atoms with E-state index in [1.807, 2.05) is 0 Å². The first kappa shape index (κ1) is 13.3. The normalized spacial score (nSPS) is 11.3. The molecule has 3 aromatic heterocycles. The molecule has 0 saturated heterocycles. The number of halogens is 1. The zero-order valence-electron chi connectivity index (χ0n) is 11.8. The van der Waals surface area contributed by atoms with E-state index < -0.39 is 0 Å². The number of rotatable bonds is 0. The zero-order valence-corrected chi connectivity index (χ0v) is 13.4. The highest BCUT2D eigenvalue weighted by Gasteiger charge is 2.15. The third kappa shape index (κ3) is 1.69. The van der Waals surface area contributed by atoms with Crippen molar-refractivity contribution in [1.29, 1.82) is 0 Å². The maximum absolute atomic E-state index is 2.32. The van der Waals surface area contributed by atoms with Gasteiger partial charge >= 0.3 is 0 Å². The zero-order chi connectivity index (χ0) is 13.8. The Hall–Kier alpha value is -2.39. The van der Waals surface area contributed by atoms with Crippen LogP contribution in [0.3, 0.4) is 0 Å². The highest BCUT2D eigenvalue weighted by atomic mass is 79.9. The standard InChI is InChI=1S/C19H13N2.BrH/c1-3-7-17-14(5-1)10-12-19-20(17)13-16-11-9-15-6-2-4-8-18(15)21(16)19;/h1-13H;1H/q+1;/p-1. The molecular formula is C19H13BrN2. The molecule has 2 aromatic carbocycles. The van der Waals surface area contributed by atoms with E-state index in [2.05, 4.69) is 87.8 Å². The van der Waals surface area contributed by atoms with E-state index in [0.29, 0.717) is 0 Å².